The zero-order valence-electron chi connectivity index (χ0n) is 19.6. The molecule has 2 fully saturated rings. The van der Waals surface area contributed by atoms with Crippen molar-refractivity contribution < 1.29 is 9.21 Å². The van der Waals surface area contributed by atoms with Crippen molar-refractivity contribution in [1.29, 1.82) is 0 Å². The summed E-state index contributed by atoms with van der Waals surface area (Å²) in [7, 11) is 0. The van der Waals surface area contributed by atoms with Gasteiger partial charge in [-0.1, -0.05) is 19.1 Å². The van der Waals surface area contributed by atoms with Gasteiger partial charge in [0.1, 0.15) is 17.9 Å². The van der Waals surface area contributed by atoms with Crippen LogP contribution >= 0.6 is 0 Å². The predicted octanol–water partition coefficient (Wildman–Crippen LogP) is 5.01. The molecule has 1 amide bonds. The van der Waals surface area contributed by atoms with Crippen LogP contribution in [0.15, 0.2) is 35.0 Å². The molecule has 0 aliphatic carbocycles. The van der Waals surface area contributed by atoms with E-state index in [0.29, 0.717) is 22.4 Å². The Bertz CT molecular complexity index is 1110. The summed E-state index contributed by atoms with van der Waals surface area (Å²) in [4.78, 5) is 26.9. The van der Waals surface area contributed by atoms with Crippen LogP contribution in [0.1, 0.15) is 60.7 Å². The van der Waals surface area contributed by atoms with Gasteiger partial charge in [0.2, 0.25) is 5.71 Å². The molecule has 3 aromatic rings. The number of anilines is 2. The van der Waals surface area contributed by atoms with Gasteiger partial charge in [-0.15, -0.1) is 0 Å². The van der Waals surface area contributed by atoms with E-state index in [2.05, 4.69) is 44.1 Å². The maximum Gasteiger partial charge on any atom is 0.260 e. The van der Waals surface area contributed by atoms with Gasteiger partial charge in [-0.25, -0.2) is 9.97 Å². The summed E-state index contributed by atoms with van der Waals surface area (Å²) in [5, 5.41) is 3.77. The average molecular weight is 448 g/mol. The highest BCUT2D eigenvalue weighted by Crippen LogP contribution is 2.33. The van der Waals surface area contributed by atoms with Gasteiger partial charge in [0.25, 0.3) is 5.91 Å². The second-order valence-corrected chi connectivity index (χ2v) is 9.57. The number of fused-ring (bicyclic) bond motifs is 1. The summed E-state index contributed by atoms with van der Waals surface area (Å²) in [5.41, 5.74) is 3.05. The lowest BCUT2D eigenvalue weighted by atomic mass is 9.99. The van der Waals surface area contributed by atoms with Crippen LogP contribution < -0.4 is 10.2 Å². The van der Waals surface area contributed by atoms with Crippen LogP contribution in [0.2, 0.25) is 0 Å². The number of amides is 1. The van der Waals surface area contributed by atoms with Gasteiger partial charge in [-0.2, -0.15) is 0 Å². The number of benzene rings is 1. The lowest BCUT2D eigenvalue weighted by Gasteiger charge is -2.30. The van der Waals surface area contributed by atoms with Crippen LogP contribution in [-0.4, -0.2) is 47.0 Å². The van der Waals surface area contributed by atoms with Crippen LogP contribution in [0.5, 0.6) is 0 Å². The standard InChI is InChI=1S/C26H33N5O2/c1-18-10-14-30(15-11-18)16-20-6-8-21(9-7-20)29-25(32)22-19(2)33-26-23(22)24(27-17-28-26)31-12-4-3-5-13-31/h6-9,17-18H,3-5,10-16H2,1-2H3,(H,29,32). The predicted molar refractivity (Wildman–Crippen MR) is 131 cm³/mol. The highest BCUT2D eigenvalue weighted by Gasteiger charge is 2.26. The molecule has 4 heterocycles. The fraction of sp³-hybridized carbons (Fsp3) is 0.500. The van der Waals surface area contributed by atoms with Crippen molar-refractivity contribution >= 4 is 28.5 Å². The number of aromatic nitrogens is 2. The Morgan fingerprint density at radius 2 is 1.79 bits per heavy atom. The van der Waals surface area contributed by atoms with E-state index in [1.807, 2.05) is 19.1 Å². The summed E-state index contributed by atoms with van der Waals surface area (Å²) in [6, 6.07) is 8.19. The molecule has 0 bridgehead atoms. The third kappa shape index (κ3) is 4.74. The quantitative estimate of drug-likeness (QED) is 0.593. The Morgan fingerprint density at radius 3 is 2.52 bits per heavy atom. The number of hydrogen-bond acceptors (Lipinski definition) is 6. The molecule has 7 nitrogen and oxygen atoms in total. The number of nitrogens with zero attached hydrogens (tertiary/aromatic N) is 4. The maximum absolute atomic E-state index is 13.3. The lowest BCUT2D eigenvalue weighted by Crippen LogP contribution is -2.32. The molecule has 0 unspecified atom stereocenters. The topological polar surface area (TPSA) is 74.5 Å². The Labute approximate surface area is 195 Å². The number of carbonyl (C=O) groups is 1. The zero-order valence-corrected chi connectivity index (χ0v) is 19.6. The van der Waals surface area contributed by atoms with Crippen molar-refractivity contribution in [2.45, 2.75) is 52.5 Å². The SMILES string of the molecule is Cc1oc2ncnc(N3CCCCC3)c2c1C(=O)Nc1ccc(CN2CCC(C)CC2)cc1. The van der Waals surface area contributed by atoms with Gasteiger partial charge in [-0.05, 0) is 75.7 Å². The molecule has 1 aromatic carbocycles. The molecule has 7 heteroatoms. The lowest BCUT2D eigenvalue weighted by molar-refractivity contribution is 0.102. The molecule has 2 aromatic heterocycles. The molecule has 33 heavy (non-hydrogen) atoms. The van der Waals surface area contributed by atoms with Crippen LogP contribution in [0, 0.1) is 12.8 Å². The Kier molecular flexibility index (Phi) is 6.31. The molecule has 5 rings (SSSR count). The van der Waals surface area contributed by atoms with E-state index in [1.54, 1.807) is 0 Å². The van der Waals surface area contributed by atoms with Crippen LogP contribution in [-0.2, 0) is 6.54 Å². The number of aryl methyl sites for hydroxylation is 1. The van der Waals surface area contributed by atoms with Crippen molar-refractivity contribution in [3.8, 4) is 0 Å². The summed E-state index contributed by atoms with van der Waals surface area (Å²) < 4.78 is 5.86. The first-order chi connectivity index (χ1) is 16.1. The fourth-order valence-electron chi connectivity index (χ4n) is 5.01. The van der Waals surface area contributed by atoms with E-state index in [0.717, 1.165) is 63.0 Å². The van der Waals surface area contributed by atoms with Crippen molar-refractivity contribution in [3.05, 3.63) is 47.5 Å². The molecular weight excluding hydrogens is 414 g/mol. The van der Waals surface area contributed by atoms with Crippen LogP contribution in [0.3, 0.4) is 0 Å². The summed E-state index contributed by atoms with van der Waals surface area (Å²) in [6.45, 7) is 9.31. The number of furan rings is 1. The van der Waals surface area contributed by atoms with Gasteiger partial charge >= 0.3 is 0 Å². The monoisotopic (exact) mass is 447 g/mol. The van der Waals surface area contributed by atoms with Crippen molar-refractivity contribution in [2.24, 2.45) is 5.92 Å². The summed E-state index contributed by atoms with van der Waals surface area (Å²) in [6.07, 6.45) is 7.57. The van der Waals surface area contributed by atoms with Gasteiger partial charge in [0, 0.05) is 25.3 Å². The minimum atomic E-state index is -0.183. The van der Waals surface area contributed by atoms with E-state index in [4.69, 9.17) is 4.42 Å². The Balaban J connectivity index is 1.33. The van der Waals surface area contributed by atoms with Gasteiger partial charge in [0.15, 0.2) is 0 Å². The highest BCUT2D eigenvalue weighted by molar-refractivity contribution is 6.15. The maximum atomic E-state index is 13.3. The fourth-order valence-corrected chi connectivity index (χ4v) is 5.01. The largest absolute Gasteiger partial charge is 0.442 e. The van der Waals surface area contributed by atoms with Crippen molar-refractivity contribution in [2.75, 3.05) is 36.4 Å². The van der Waals surface area contributed by atoms with E-state index >= 15 is 0 Å². The number of carbonyl (C=O) groups excluding carboxylic acids is 1. The van der Waals surface area contributed by atoms with Gasteiger partial charge < -0.3 is 14.6 Å². The van der Waals surface area contributed by atoms with Gasteiger partial charge in [-0.3, -0.25) is 9.69 Å². The van der Waals surface area contributed by atoms with E-state index in [-0.39, 0.29) is 5.91 Å². The second-order valence-electron chi connectivity index (χ2n) is 9.57. The molecule has 0 spiro atoms. The normalized spacial score (nSPS) is 18.1. The Morgan fingerprint density at radius 1 is 1.06 bits per heavy atom. The van der Waals surface area contributed by atoms with E-state index < -0.39 is 0 Å². The number of piperidine rings is 2. The molecule has 2 aliphatic heterocycles. The number of rotatable bonds is 5. The average Bonchev–Trinajstić information content (AvgIpc) is 3.18. The molecule has 174 valence electrons. The first kappa shape index (κ1) is 21.9. The first-order valence-electron chi connectivity index (χ1n) is 12.2. The van der Waals surface area contributed by atoms with Gasteiger partial charge in [0.05, 0.1) is 10.9 Å². The minimum Gasteiger partial charge on any atom is -0.442 e. The molecule has 1 N–H and O–H groups in total. The zero-order chi connectivity index (χ0) is 22.8. The van der Waals surface area contributed by atoms with Crippen molar-refractivity contribution in [1.82, 2.24) is 14.9 Å². The number of likely N-dealkylation sites (tertiary alicyclic amines) is 1. The Hall–Kier alpha value is -2.93. The van der Waals surface area contributed by atoms with Crippen LogP contribution in [0.4, 0.5) is 11.5 Å². The van der Waals surface area contributed by atoms with E-state index in [1.165, 1.54) is 31.2 Å². The molecule has 2 aliphatic rings. The number of nitrogens with one attached hydrogen (secondary N) is 1. The summed E-state index contributed by atoms with van der Waals surface area (Å²) >= 11 is 0. The third-order valence-corrected chi connectivity index (χ3v) is 7.02. The summed E-state index contributed by atoms with van der Waals surface area (Å²) in [5.74, 6) is 2.02. The molecule has 2 saturated heterocycles. The first-order valence-corrected chi connectivity index (χ1v) is 12.2. The van der Waals surface area contributed by atoms with E-state index in [9.17, 15) is 4.79 Å². The molecule has 0 atom stereocenters. The third-order valence-electron chi connectivity index (χ3n) is 7.02. The second kappa shape index (κ2) is 9.51. The molecule has 0 saturated carbocycles. The molecule has 0 radical (unpaired) electrons. The molecular formula is C26H33N5O2. The van der Waals surface area contributed by atoms with Crippen LogP contribution in [0.25, 0.3) is 11.1 Å². The number of hydrogen-bond donors (Lipinski definition) is 1. The van der Waals surface area contributed by atoms with Crippen molar-refractivity contribution in [3.63, 3.8) is 0 Å². The highest BCUT2D eigenvalue weighted by atomic mass is 16.3. The minimum absolute atomic E-state index is 0.183. The smallest absolute Gasteiger partial charge is 0.260 e.